The molecule has 0 spiro atoms. The third-order valence-corrected chi connectivity index (χ3v) is 4.00. The minimum Gasteiger partial charge on any atom is -0.359 e. The van der Waals surface area contributed by atoms with Gasteiger partial charge in [-0.15, -0.1) is 0 Å². The van der Waals surface area contributed by atoms with Crippen LogP contribution in [-0.2, 0) is 11.2 Å². The van der Waals surface area contributed by atoms with Gasteiger partial charge in [-0.1, -0.05) is 52.0 Å². The molecule has 0 fully saturated rings. The number of rotatable bonds is 4. The highest BCUT2D eigenvalue weighted by molar-refractivity contribution is 9.10. The number of nitrogens with one attached hydrogen (secondary N) is 1. The summed E-state index contributed by atoms with van der Waals surface area (Å²) in [6.45, 7) is 0. The van der Waals surface area contributed by atoms with Crippen molar-refractivity contribution in [2.75, 3.05) is 7.05 Å². The van der Waals surface area contributed by atoms with Crippen molar-refractivity contribution in [2.45, 2.75) is 18.9 Å². The molecule has 4 heteroatoms. The van der Waals surface area contributed by atoms with Crippen LogP contribution in [0.5, 0.6) is 0 Å². The van der Waals surface area contributed by atoms with Gasteiger partial charge < -0.3 is 11.1 Å². The first kappa shape index (κ1) is 17.3. The Bertz CT molecular complexity index is 712. The fraction of sp³-hybridized carbons (Fsp3) is 0.211. The van der Waals surface area contributed by atoms with Crippen LogP contribution in [-0.4, -0.2) is 13.0 Å². The second-order valence-electron chi connectivity index (χ2n) is 5.17. The topological polar surface area (TPSA) is 55.1 Å². The van der Waals surface area contributed by atoms with Crippen LogP contribution in [0.4, 0.5) is 0 Å². The minimum absolute atomic E-state index is 0.0503. The largest absolute Gasteiger partial charge is 0.359 e. The molecule has 3 N–H and O–H groups in total. The van der Waals surface area contributed by atoms with Crippen molar-refractivity contribution < 1.29 is 4.79 Å². The Morgan fingerprint density at radius 1 is 1.17 bits per heavy atom. The van der Waals surface area contributed by atoms with Gasteiger partial charge in [0.1, 0.15) is 0 Å². The van der Waals surface area contributed by atoms with Crippen LogP contribution in [0.1, 0.15) is 29.2 Å². The van der Waals surface area contributed by atoms with Crippen molar-refractivity contribution >= 4 is 21.8 Å². The van der Waals surface area contributed by atoms with Crippen molar-refractivity contribution in [3.8, 4) is 11.8 Å². The quantitative estimate of drug-likeness (QED) is 0.812. The van der Waals surface area contributed by atoms with Gasteiger partial charge in [-0.3, -0.25) is 4.79 Å². The smallest absolute Gasteiger partial charge is 0.220 e. The molecule has 0 aliphatic rings. The summed E-state index contributed by atoms with van der Waals surface area (Å²) in [5.74, 6) is 6.21. The first-order valence-electron chi connectivity index (χ1n) is 7.40. The van der Waals surface area contributed by atoms with Gasteiger partial charge >= 0.3 is 0 Å². The molecule has 3 nitrogen and oxygen atoms in total. The van der Waals surface area contributed by atoms with E-state index in [4.69, 9.17) is 5.73 Å². The molecule has 0 saturated heterocycles. The van der Waals surface area contributed by atoms with Gasteiger partial charge in [0.2, 0.25) is 5.91 Å². The molecule has 2 rings (SSSR count). The van der Waals surface area contributed by atoms with Gasteiger partial charge in [0.05, 0.1) is 6.04 Å². The molecule has 2 aromatic rings. The summed E-state index contributed by atoms with van der Waals surface area (Å²) in [6, 6.07) is 15.4. The minimum atomic E-state index is -0.309. The van der Waals surface area contributed by atoms with Crippen molar-refractivity contribution in [3.05, 3.63) is 69.7 Å². The van der Waals surface area contributed by atoms with Crippen LogP contribution in [0.2, 0.25) is 0 Å². The average molecular weight is 371 g/mol. The number of halogens is 1. The fourth-order valence-corrected chi connectivity index (χ4v) is 2.32. The lowest BCUT2D eigenvalue weighted by atomic mass is 10.1. The molecule has 2 aromatic carbocycles. The zero-order chi connectivity index (χ0) is 16.7. The normalized spacial score (nSPS) is 11.3. The van der Waals surface area contributed by atoms with Crippen LogP contribution in [0.15, 0.2) is 53.0 Å². The zero-order valence-corrected chi connectivity index (χ0v) is 14.6. The van der Waals surface area contributed by atoms with Crippen LogP contribution in [0.25, 0.3) is 0 Å². The van der Waals surface area contributed by atoms with Crippen molar-refractivity contribution in [3.63, 3.8) is 0 Å². The van der Waals surface area contributed by atoms with E-state index in [1.165, 1.54) is 0 Å². The van der Waals surface area contributed by atoms with Crippen LogP contribution >= 0.6 is 15.9 Å². The Hall–Kier alpha value is -2.09. The monoisotopic (exact) mass is 370 g/mol. The first-order valence-corrected chi connectivity index (χ1v) is 8.20. The highest BCUT2D eigenvalue weighted by Gasteiger charge is 2.02. The number of carbonyl (C=O) groups is 1. The van der Waals surface area contributed by atoms with E-state index >= 15 is 0 Å². The number of carbonyl (C=O) groups excluding carboxylic acids is 1. The summed E-state index contributed by atoms with van der Waals surface area (Å²) < 4.78 is 1.02. The van der Waals surface area contributed by atoms with E-state index in [9.17, 15) is 4.79 Å². The van der Waals surface area contributed by atoms with Crippen molar-refractivity contribution in [1.82, 2.24) is 5.32 Å². The van der Waals surface area contributed by atoms with Gasteiger partial charge in [0, 0.05) is 23.5 Å². The molecule has 0 aliphatic carbocycles. The van der Waals surface area contributed by atoms with E-state index in [0.717, 1.165) is 27.6 Å². The summed E-state index contributed by atoms with van der Waals surface area (Å²) in [4.78, 5) is 11.2. The van der Waals surface area contributed by atoms with Crippen LogP contribution in [0.3, 0.4) is 0 Å². The van der Waals surface area contributed by atoms with E-state index in [0.29, 0.717) is 6.42 Å². The number of hydrogen-bond donors (Lipinski definition) is 2. The predicted octanol–water partition coefficient (Wildman–Crippen LogP) is 3.18. The van der Waals surface area contributed by atoms with Crippen LogP contribution in [0, 0.1) is 11.8 Å². The Balaban J connectivity index is 1.98. The molecule has 0 heterocycles. The van der Waals surface area contributed by atoms with Gasteiger partial charge in [-0.2, -0.15) is 0 Å². The van der Waals surface area contributed by atoms with E-state index in [-0.39, 0.29) is 11.9 Å². The van der Waals surface area contributed by atoms with Gasteiger partial charge in [-0.05, 0) is 41.8 Å². The number of hydrogen-bond acceptors (Lipinski definition) is 2. The summed E-state index contributed by atoms with van der Waals surface area (Å²) in [5, 5.41) is 2.62. The number of aryl methyl sites for hydroxylation is 1. The Morgan fingerprint density at radius 3 is 2.43 bits per heavy atom. The average Bonchev–Trinajstić information content (AvgIpc) is 2.59. The number of benzene rings is 2. The lowest BCUT2D eigenvalue weighted by Gasteiger charge is -2.04. The second kappa shape index (κ2) is 8.52. The summed E-state index contributed by atoms with van der Waals surface area (Å²) in [7, 11) is 1.65. The summed E-state index contributed by atoms with van der Waals surface area (Å²) in [5.41, 5.74) is 9.11. The lowest BCUT2D eigenvalue weighted by Crippen LogP contribution is -2.17. The fourth-order valence-electron chi connectivity index (χ4n) is 2.05. The van der Waals surface area contributed by atoms with Gasteiger partial charge in [0.25, 0.3) is 0 Å². The molecule has 1 amide bonds. The second-order valence-corrected chi connectivity index (χ2v) is 6.08. The number of amides is 1. The summed E-state index contributed by atoms with van der Waals surface area (Å²) in [6.07, 6.45) is 1.22. The van der Waals surface area contributed by atoms with Crippen LogP contribution < -0.4 is 11.1 Å². The van der Waals surface area contributed by atoms with E-state index in [1.807, 2.05) is 48.5 Å². The lowest BCUT2D eigenvalue weighted by molar-refractivity contribution is -0.120. The van der Waals surface area contributed by atoms with E-state index < -0.39 is 0 Å². The third kappa shape index (κ3) is 5.55. The molecule has 118 valence electrons. The standard InChI is InChI=1S/C19H19BrN2O/c1-22-19(23)13-7-15-4-2-14(3-5-15)6-12-18(21)16-8-10-17(20)11-9-16/h2-5,8-11,18H,7,13,21H2,1H3,(H,22,23). The van der Waals surface area contributed by atoms with Gasteiger partial charge in [0.15, 0.2) is 0 Å². The Labute approximate surface area is 145 Å². The Kier molecular flexibility index (Phi) is 6.40. The molecule has 0 radical (unpaired) electrons. The predicted molar refractivity (Wildman–Crippen MR) is 96.8 cm³/mol. The maximum Gasteiger partial charge on any atom is 0.220 e. The highest BCUT2D eigenvalue weighted by atomic mass is 79.9. The first-order chi connectivity index (χ1) is 11.1. The molecular formula is C19H19BrN2O. The molecule has 0 aromatic heterocycles. The molecule has 0 aliphatic heterocycles. The Morgan fingerprint density at radius 2 is 1.83 bits per heavy atom. The third-order valence-electron chi connectivity index (χ3n) is 3.47. The zero-order valence-electron chi connectivity index (χ0n) is 13.0. The molecule has 0 saturated carbocycles. The number of nitrogens with two attached hydrogens (primary N) is 1. The summed E-state index contributed by atoms with van der Waals surface area (Å²) >= 11 is 3.40. The van der Waals surface area contributed by atoms with E-state index in [1.54, 1.807) is 7.05 Å². The van der Waals surface area contributed by atoms with Crippen molar-refractivity contribution in [2.24, 2.45) is 5.73 Å². The van der Waals surface area contributed by atoms with E-state index in [2.05, 4.69) is 33.1 Å². The molecular weight excluding hydrogens is 352 g/mol. The maximum atomic E-state index is 11.2. The molecule has 23 heavy (non-hydrogen) atoms. The molecule has 1 unspecified atom stereocenters. The highest BCUT2D eigenvalue weighted by Crippen LogP contribution is 2.15. The van der Waals surface area contributed by atoms with Gasteiger partial charge in [-0.25, -0.2) is 0 Å². The molecule has 0 bridgehead atoms. The molecule has 1 atom stereocenters. The maximum absolute atomic E-state index is 11.2. The van der Waals surface area contributed by atoms with Crippen molar-refractivity contribution in [1.29, 1.82) is 0 Å². The SMILES string of the molecule is CNC(=O)CCc1ccc(C#CC(N)c2ccc(Br)cc2)cc1.